The molecule has 1 rings (SSSR count). The van der Waals surface area contributed by atoms with Crippen LogP contribution in [0.1, 0.15) is 0 Å². The van der Waals surface area contributed by atoms with Gasteiger partial charge in [0.25, 0.3) is 0 Å². The maximum absolute atomic E-state index is 8.92. The summed E-state index contributed by atoms with van der Waals surface area (Å²) < 4.78 is 4.78. The molecule has 9 heavy (non-hydrogen) atoms. The molecule has 1 aliphatic rings. The van der Waals surface area contributed by atoms with Gasteiger partial charge in [0.1, 0.15) is 18.3 Å². The minimum atomic E-state index is -0.921. The molecule has 1 fully saturated rings. The number of aliphatic hydroxyl groups excluding tert-OH is 3. The number of rotatable bonds is 1. The first kappa shape index (κ1) is 6.95. The van der Waals surface area contributed by atoms with E-state index in [-0.39, 0.29) is 13.2 Å². The lowest BCUT2D eigenvalue weighted by Crippen LogP contribution is -2.31. The summed E-state index contributed by atoms with van der Waals surface area (Å²) in [6.45, 7) is -0.120. The Kier molecular flexibility index (Phi) is 2.02. The van der Waals surface area contributed by atoms with Gasteiger partial charge in [-0.1, -0.05) is 0 Å². The topological polar surface area (TPSA) is 69.9 Å². The highest BCUT2D eigenvalue weighted by Gasteiger charge is 2.33. The van der Waals surface area contributed by atoms with Gasteiger partial charge in [-0.15, -0.1) is 0 Å². The first-order valence-corrected chi connectivity index (χ1v) is 2.84. The first-order valence-electron chi connectivity index (χ1n) is 2.84. The monoisotopic (exact) mass is 134 g/mol. The minimum Gasteiger partial charge on any atom is -0.394 e. The molecule has 0 aromatic carbocycles. The fourth-order valence-electron chi connectivity index (χ4n) is 0.828. The van der Waals surface area contributed by atoms with Gasteiger partial charge in [-0.25, -0.2) is 0 Å². The Labute approximate surface area is 52.7 Å². The van der Waals surface area contributed by atoms with Gasteiger partial charge in [-0.3, -0.25) is 0 Å². The molecule has 0 amide bonds. The van der Waals surface area contributed by atoms with Gasteiger partial charge in [0.15, 0.2) is 0 Å². The summed E-state index contributed by atoms with van der Waals surface area (Å²) in [6, 6.07) is 0. The first-order chi connectivity index (χ1) is 4.25. The predicted molar refractivity (Wildman–Crippen MR) is 28.8 cm³/mol. The highest BCUT2D eigenvalue weighted by Crippen LogP contribution is 2.12. The van der Waals surface area contributed by atoms with Crippen molar-refractivity contribution in [3.8, 4) is 0 Å². The second-order valence-corrected chi connectivity index (χ2v) is 2.11. The smallest absolute Gasteiger partial charge is 0.110 e. The molecule has 0 spiro atoms. The van der Waals surface area contributed by atoms with Crippen molar-refractivity contribution in [1.82, 2.24) is 0 Å². The van der Waals surface area contributed by atoms with Crippen molar-refractivity contribution < 1.29 is 20.1 Å². The molecule has 0 aliphatic carbocycles. The van der Waals surface area contributed by atoms with Crippen molar-refractivity contribution in [1.29, 1.82) is 0 Å². The fourth-order valence-corrected chi connectivity index (χ4v) is 0.828. The molecule has 2 unspecified atom stereocenters. The SMILES string of the molecule is OC[C@@H]1OCC(O)C1O. The third kappa shape index (κ3) is 1.21. The third-order valence-corrected chi connectivity index (χ3v) is 1.44. The molecule has 1 aliphatic heterocycles. The molecule has 54 valence electrons. The van der Waals surface area contributed by atoms with E-state index >= 15 is 0 Å². The van der Waals surface area contributed by atoms with Crippen LogP contribution in [-0.4, -0.2) is 46.8 Å². The van der Waals surface area contributed by atoms with Crippen LogP contribution in [0.15, 0.2) is 0 Å². The highest BCUT2D eigenvalue weighted by molar-refractivity contribution is 4.81. The summed E-state index contributed by atoms with van der Waals surface area (Å²) in [5, 5.41) is 26.2. The zero-order valence-corrected chi connectivity index (χ0v) is 4.90. The van der Waals surface area contributed by atoms with Crippen LogP contribution in [0.5, 0.6) is 0 Å². The Morgan fingerprint density at radius 2 is 2.11 bits per heavy atom. The predicted octanol–water partition coefficient (Wildman–Crippen LogP) is -1.90. The van der Waals surface area contributed by atoms with Crippen LogP contribution in [0, 0.1) is 0 Å². The van der Waals surface area contributed by atoms with Crippen LogP contribution < -0.4 is 0 Å². The Bertz CT molecular complexity index is 95.0. The molecule has 3 N–H and O–H groups in total. The quantitative estimate of drug-likeness (QED) is 0.392. The van der Waals surface area contributed by atoms with Crippen molar-refractivity contribution in [3.63, 3.8) is 0 Å². The Morgan fingerprint density at radius 3 is 2.33 bits per heavy atom. The molecule has 4 heteroatoms. The molecular weight excluding hydrogens is 124 g/mol. The van der Waals surface area contributed by atoms with E-state index in [0.29, 0.717) is 0 Å². The standard InChI is InChI=1S/C5H10O4/c6-1-4-5(8)3(7)2-9-4/h3-8H,1-2H2/t3?,4-,5?/m0/s1. The molecule has 0 radical (unpaired) electrons. The largest absolute Gasteiger partial charge is 0.394 e. The average molecular weight is 134 g/mol. The van der Waals surface area contributed by atoms with Gasteiger partial charge in [0, 0.05) is 0 Å². The van der Waals surface area contributed by atoms with Crippen LogP contribution in [0.4, 0.5) is 0 Å². The second kappa shape index (κ2) is 2.62. The highest BCUT2D eigenvalue weighted by atomic mass is 16.5. The molecule has 4 nitrogen and oxygen atoms in total. The van der Waals surface area contributed by atoms with Crippen LogP contribution >= 0.6 is 0 Å². The Morgan fingerprint density at radius 1 is 1.44 bits per heavy atom. The van der Waals surface area contributed by atoms with Crippen molar-refractivity contribution in [3.05, 3.63) is 0 Å². The molecule has 0 bridgehead atoms. The second-order valence-electron chi connectivity index (χ2n) is 2.11. The van der Waals surface area contributed by atoms with E-state index in [1.54, 1.807) is 0 Å². The van der Waals surface area contributed by atoms with Gasteiger partial charge >= 0.3 is 0 Å². The number of hydrogen-bond acceptors (Lipinski definition) is 4. The zero-order chi connectivity index (χ0) is 6.85. The lowest BCUT2D eigenvalue weighted by Gasteiger charge is -2.10. The van der Waals surface area contributed by atoms with E-state index in [1.165, 1.54) is 0 Å². The van der Waals surface area contributed by atoms with E-state index in [1.807, 2.05) is 0 Å². The molecule has 1 saturated heterocycles. The van der Waals surface area contributed by atoms with E-state index in [4.69, 9.17) is 20.1 Å². The molecular formula is C5H10O4. The summed E-state index contributed by atoms with van der Waals surface area (Å²) in [5.41, 5.74) is 0. The summed E-state index contributed by atoms with van der Waals surface area (Å²) in [6.07, 6.45) is -2.35. The van der Waals surface area contributed by atoms with Crippen LogP contribution in [0.25, 0.3) is 0 Å². The van der Waals surface area contributed by atoms with Gasteiger partial charge < -0.3 is 20.1 Å². The Balaban J connectivity index is 2.41. The maximum atomic E-state index is 8.92. The number of ether oxygens (including phenoxy) is 1. The average Bonchev–Trinajstić information content (AvgIpc) is 2.15. The third-order valence-electron chi connectivity index (χ3n) is 1.44. The van der Waals surface area contributed by atoms with Crippen LogP contribution in [0.2, 0.25) is 0 Å². The molecule has 0 saturated carbocycles. The van der Waals surface area contributed by atoms with E-state index in [0.717, 1.165) is 0 Å². The van der Waals surface area contributed by atoms with Gasteiger partial charge in [0.2, 0.25) is 0 Å². The van der Waals surface area contributed by atoms with Crippen LogP contribution in [-0.2, 0) is 4.74 Å². The van der Waals surface area contributed by atoms with Crippen molar-refractivity contribution >= 4 is 0 Å². The normalized spacial score (nSPS) is 43.7. The minimum absolute atomic E-state index is 0.117. The van der Waals surface area contributed by atoms with Crippen molar-refractivity contribution in [2.45, 2.75) is 18.3 Å². The van der Waals surface area contributed by atoms with Gasteiger partial charge in [-0.05, 0) is 0 Å². The lowest BCUT2D eigenvalue weighted by molar-refractivity contribution is -0.00588. The summed E-state index contributed by atoms with van der Waals surface area (Å²) in [5.74, 6) is 0. The fraction of sp³-hybridized carbons (Fsp3) is 1.00. The molecule has 0 aromatic heterocycles. The molecule has 0 aromatic rings. The van der Waals surface area contributed by atoms with E-state index in [2.05, 4.69) is 0 Å². The lowest BCUT2D eigenvalue weighted by atomic mass is 10.2. The van der Waals surface area contributed by atoms with E-state index < -0.39 is 18.3 Å². The van der Waals surface area contributed by atoms with Gasteiger partial charge in [-0.2, -0.15) is 0 Å². The number of hydrogen-bond donors (Lipinski definition) is 3. The molecule has 1 heterocycles. The Hall–Kier alpha value is -0.160. The van der Waals surface area contributed by atoms with Gasteiger partial charge in [0.05, 0.1) is 13.2 Å². The summed E-state index contributed by atoms with van der Waals surface area (Å²) in [7, 11) is 0. The summed E-state index contributed by atoms with van der Waals surface area (Å²) >= 11 is 0. The molecule has 3 atom stereocenters. The van der Waals surface area contributed by atoms with Crippen LogP contribution in [0.3, 0.4) is 0 Å². The zero-order valence-electron chi connectivity index (χ0n) is 4.90. The van der Waals surface area contributed by atoms with Crippen molar-refractivity contribution in [2.24, 2.45) is 0 Å². The number of aliphatic hydroxyl groups is 3. The van der Waals surface area contributed by atoms with Crippen molar-refractivity contribution in [2.75, 3.05) is 13.2 Å². The van der Waals surface area contributed by atoms with E-state index in [9.17, 15) is 0 Å². The maximum Gasteiger partial charge on any atom is 0.110 e. The summed E-state index contributed by atoms with van der Waals surface area (Å²) in [4.78, 5) is 0.